The fourth-order valence-corrected chi connectivity index (χ4v) is 2.69. The normalized spacial score (nSPS) is 23.1. The molecule has 1 fully saturated rings. The Morgan fingerprint density at radius 2 is 2.11 bits per heavy atom. The van der Waals surface area contributed by atoms with Crippen LogP contribution in [0.2, 0.25) is 0 Å². The summed E-state index contributed by atoms with van der Waals surface area (Å²) in [5.74, 6) is 1.86. The molecule has 3 N–H and O–H groups in total. The molecule has 5 nitrogen and oxygen atoms in total. The first kappa shape index (κ1) is 14.1. The molecule has 2 atom stereocenters. The van der Waals surface area contributed by atoms with Crippen LogP contribution in [0.25, 0.3) is 0 Å². The van der Waals surface area contributed by atoms with E-state index in [0.717, 1.165) is 30.9 Å². The van der Waals surface area contributed by atoms with Crippen LogP contribution in [0.4, 0.5) is 11.8 Å². The Morgan fingerprint density at radius 3 is 2.84 bits per heavy atom. The number of aliphatic hydroxyl groups excluding tert-OH is 1. The summed E-state index contributed by atoms with van der Waals surface area (Å²) >= 11 is 0. The second-order valence-electron chi connectivity index (χ2n) is 5.23. The van der Waals surface area contributed by atoms with Crippen molar-refractivity contribution in [3.63, 3.8) is 0 Å². The largest absolute Gasteiger partial charge is 0.396 e. The van der Waals surface area contributed by atoms with Crippen molar-refractivity contribution in [2.75, 3.05) is 23.8 Å². The van der Waals surface area contributed by atoms with Crippen LogP contribution in [0.3, 0.4) is 0 Å². The van der Waals surface area contributed by atoms with Gasteiger partial charge in [-0.2, -0.15) is 4.98 Å². The summed E-state index contributed by atoms with van der Waals surface area (Å²) in [6.45, 7) is 5.06. The van der Waals surface area contributed by atoms with Crippen molar-refractivity contribution in [2.45, 2.75) is 45.6 Å². The summed E-state index contributed by atoms with van der Waals surface area (Å²) < 4.78 is 0. The van der Waals surface area contributed by atoms with E-state index in [-0.39, 0.29) is 6.61 Å². The van der Waals surface area contributed by atoms with Crippen LogP contribution in [0.15, 0.2) is 6.07 Å². The zero-order valence-corrected chi connectivity index (χ0v) is 11.8. The van der Waals surface area contributed by atoms with Gasteiger partial charge in [-0.05, 0) is 26.7 Å². The highest BCUT2D eigenvalue weighted by Crippen LogP contribution is 2.26. The first-order chi connectivity index (χ1) is 9.22. The molecular weight excluding hydrogens is 240 g/mol. The van der Waals surface area contributed by atoms with Crippen LogP contribution in [-0.4, -0.2) is 34.3 Å². The molecule has 19 heavy (non-hydrogen) atoms. The van der Waals surface area contributed by atoms with Crippen LogP contribution in [0, 0.1) is 12.8 Å². The Balaban J connectivity index is 2.08. The summed E-state index contributed by atoms with van der Waals surface area (Å²) in [6.07, 6.45) is 4.64. The molecular formula is C14H24N4O. The number of hydrogen-bond donors (Lipinski definition) is 3. The van der Waals surface area contributed by atoms with Gasteiger partial charge in [0.05, 0.1) is 0 Å². The van der Waals surface area contributed by atoms with Crippen molar-refractivity contribution >= 4 is 11.8 Å². The molecule has 2 unspecified atom stereocenters. The van der Waals surface area contributed by atoms with Gasteiger partial charge in [0.15, 0.2) is 0 Å². The van der Waals surface area contributed by atoms with E-state index in [2.05, 4.69) is 20.6 Å². The van der Waals surface area contributed by atoms with Gasteiger partial charge in [0.1, 0.15) is 5.82 Å². The van der Waals surface area contributed by atoms with E-state index < -0.39 is 0 Å². The molecule has 1 saturated carbocycles. The first-order valence-corrected chi connectivity index (χ1v) is 7.20. The van der Waals surface area contributed by atoms with Crippen LogP contribution in [0.1, 0.15) is 38.3 Å². The molecule has 0 aliphatic heterocycles. The van der Waals surface area contributed by atoms with Crippen LogP contribution >= 0.6 is 0 Å². The number of rotatable bonds is 5. The number of aliphatic hydroxyl groups is 1. The molecule has 2 rings (SSSR count). The van der Waals surface area contributed by atoms with E-state index in [1.165, 1.54) is 12.8 Å². The van der Waals surface area contributed by atoms with E-state index in [4.69, 9.17) is 0 Å². The Morgan fingerprint density at radius 1 is 1.32 bits per heavy atom. The van der Waals surface area contributed by atoms with Crippen molar-refractivity contribution in [3.05, 3.63) is 11.8 Å². The quantitative estimate of drug-likeness (QED) is 0.760. The lowest BCUT2D eigenvalue weighted by molar-refractivity contribution is 0.178. The number of nitrogens with one attached hydrogen (secondary N) is 2. The monoisotopic (exact) mass is 264 g/mol. The fraction of sp³-hybridized carbons (Fsp3) is 0.714. The van der Waals surface area contributed by atoms with Gasteiger partial charge in [-0.3, -0.25) is 0 Å². The molecule has 1 aliphatic carbocycles. The third-order valence-electron chi connectivity index (χ3n) is 3.67. The summed E-state index contributed by atoms with van der Waals surface area (Å²) in [4.78, 5) is 8.82. The lowest BCUT2D eigenvalue weighted by Crippen LogP contribution is -2.34. The van der Waals surface area contributed by atoms with E-state index >= 15 is 0 Å². The molecule has 0 saturated heterocycles. The molecule has 1 aromatic rings. The summed E-state index contributed by atoms with van der Waals surface area (Å²) in [5.41, 5.74) is 0.949. The number of anilines is 2. The second-order valence-corrected chi connectivity index (χ2v) is 5.23. The highest BCUT2D eigenvalue weighted by atomic mass is 16.3. The lowest BCUT2D eigenvalue weighted by Gasteiger charge is -2.31. The Kier molecular flexibility index (Phi) is 4.96. The second kappa shape index (κ2) is 6.70. The molecule has 0 aromatic carbocycles. The van der Waals surface area contributed by atoms with Gasteiger partial charge in [-0.1, -0.05) is 12.8 Å². The van der Waals surface area contributed by atoms with E-state index in [9.17, 15) is 5.11 Å². The summed E-state index contributed by atoms with van der Waals surface area (Å²) in [5, 5.41) is 16.1. The minimum absolute atomic E-state index is 0.252. The molecule has 0 radical (unpaired) electrons. The van der Waals surface area contributed by atoms with Crippen molar-refractivity contribution in [2.24, 2.45) is 5.92 Å². The summed E-state index contributed by atoms with van der Waals surface area (Å²) in [6, 6.07) is 2.28. The van der Waals surface area contributed by atoms with Gasteiger partial charge in [0.2, 0.25) is 5.95 Å². The third-order valence-corrected chi connectivity index (χ3v) is 3.67. The minimum Gasteiger partial charge on any atom is -0.396 e. The zero-order valence-electron chi connectivity index (χ0n) is 11.8. The van der Waals surface area contributed by atoms with Gasteiger partial charge in [-0.15, -0.1) is 0 Å². The van der Waals surface area contributed by atoms with Gasteiger partial charge in [0, 0.05) is 36.9 Å². The average Bonchev–Trinajstić information content (AvgIpc) is 2.39. The zero-order chi connectivity index (χ0) is 13.7. The van der Waals surface area contributed by atoms with Gasteiger partial charge in [-0.25, -0.2) is 4.98 Å². The van der Waals surface area contributed by atoms with Crippen LogP contribution in [0.5, 0.6) is 0 Å². The molecule has 1 aromatic heterocycles. The Labute approximate surface area is 114 Å². The highest BCUT2D eigenvalue weighted by molar-refractivity contribution is 5.43. The fourth-order valence-electron chi connectivity index (χ4n) is 2.69. The number of hydrogen-bond acceptors (Lipinski definition) is 5. The maximum absolute atomic E-state index is 9.45. The van der Waals surface area contributed by atoms with Gasteiger partial charge >= 0.3 is 0 Å². The molecule has 0 bridgehead atoms. The predicted molar refractivity (Wildman–Crippen MR) is 77.4 cm³/mol. The molecule has 0 spiro atoms. The Hall–Kier alpha value is -1.36. The molecule has 5 heteroatoms. The topological polar surface area (TPSA) is 70.1 Å². The first-order valence-electron chi connectivity index (χ1n) is 7.20. The van der Waals surface area contributed by atoms with Crippen molar-refractivity contribution < 1.29 is 5.11 Å². The number of nitrogens with zero attached hydrogens (tertiary/aromatic N) is 2. The maximum atomic E-state index is 9.45. The average molecular weight is 264 g/mol. The van der Waals surface area contributed by atoms with E-state index in [1.807, 2.05) is 19.9 Å². The lowest BCUT2D eigenvalue weighted by atomic mass is 9.85. The third kappa shape index (κ3) is 3.80. The van der Waals surface area contributed by atoms with E-state index in [1.54, 1.807) is 0 Å². The molecule has 106 valence electrons. The van der Waals surface area contributed by atoms with Crippen LogP contribution in [-0.2, 0) is 0 Å². The number of aromatic nitrogens is 2. The van der Waals surface area contributed by atoms with E-state index in [0.29, 0.717) is 17.9 Å². The van der Waals surface area contributed by atoms with Gasteiger partial charge in [0.25, 0.3) is 0 Å². The Bertz CT molecular complexity index is 410. The molecule has 0 amide bonds. The summed E-state index contributed by atoms with van der Waals surface area (Å²) in [7, 11) is 0. The molecule has 1 aliphatic rings. The molecule has 1 heterocycles. The predicted octanol–water partition coefficient (Wildman–Crippen LogP) is 2.18. The van der Waals surface area contributed by atoms with Crippen molar-refractivity contribution in [3.8, 4) is 0 Å². The maximum Gasteiger partial charge on any atom is 0.224 e. The van der Waals surface area contributed by atoms with Crippen molar-refractivity contribution in [1.29, 1.82) is 0 Å². The van der Waals surface area contributed by atoms with Crippen LogP contribution < -0.4 is 10.6 Å². The standard InChI is InChI=1S/C14H24N4O/c1-3-15-14-16-10(2)8-13(18-14)17-12-7-5-4-6-11(12)9-19/h8,11-12,19H,3-7,9H2,1-2H3,(H2,15,16,17,18). The van der Waals surface area contributed by atoms with Crippen molar-refractivity contribution in [1.82, 2.24) is 9.97 Å². The highest BCUT2D eigenvalue weighted by Gasteiger charge is 2.24. The smallest absolute Gasteiger partial charge is 0.224 e. The minimum atomic E-state index is 0.252. The SMILES string of the molecule is CCNc1nc(C)cc(NC2CCCCC2CO)n1. The number of aryl methyl sites for hydroxylation is 1. The van der Waals surface area contributed by atoms with Gasteiger partial charge < -0.3 is 15.7 Å².